The molecule has 1 saturated carbocycles. The van der Waals surface area contributed by atoms with Crippen LogP contribution in [0.25, 0.3) is 0 Å². The maximum atomic E-state index is 13.0. The molecule has 1 aliphatic carbocycles. The third-order valence-electron chi connectivity index (χ3n) is 6.35. The Bertz CT molecular complexity index is 479. The first-order valence-electron chi connectivity index (χ1n) is 9.43. The molecule has 3 aliphatic heterocycles. The van der Waals surface area contributed by atoms with Gasteiger partial charge in [0.25, 0.3) is 0 Å². The van der Waals surface area contributed by atoms with Gasteiger partial charge in [-0.1, -0.05) is 0 Å². The SMILES string of the molecule is CN(C(=O)C1CCCN(C(=O)C2CC2)C1)C1CC2CCC(C1)N2. The number of carbonyl (C=O) groups excluding carboxylic acids is 2. The van der Waals surface area contributed by atoms with E-state index in [0.717, 1.165) is 45.1 Å². The van der Waals surface area contributed by atoms with Crippen LogP contribution in [0.5, 0.6) is 0 Å². The Morgan fingerprint density at radius 2 is 1.70 bits per heavy atom. The lowest BCUT2D eigenvalue weighted by Gasteiger charge is -2.39. The largest absolute Gasteiger partial charge is 0.342 e. The fraction of sp³-hybridized carbons (Fsp3) is 0.889. The molecular formula is C18H29N3O2. The number of piperidine rings is 2. The zero-order valence-electron chi connectivity index (χ0n) is 14.2. The summed E-state index contributed by atoms with van der Waals surface area (Å²) in [5, 5.41) is 3.64. The minimum absolute atomic E-state index is 0.0176. The normalized spacial score (nSPS) is 36.8. The highest BCUT2D eigenvalue weighted by Crippen LogP contribution is 2.34. The highest BCUT2D eigenvalue weighted by molar-refractivity contribution is 5.83. The highest BCUT2D eigenvalue weighted by Gasteiger charge is 2.40. The predicted octanol–water partition coefficient (Wildman–Crippen LogP) is 1.38. The lowest BCUT2D eigenvalue weighted by molar-refractivity contribution is -0.142. The number of nitrogens with one attached hydrogen (secondary N) is 1. The van der Waals surface area contributed by atoms with E-state index in [4.69, 9.17) is 0 Å². The van der Waals surface area contributed by atoms with Gasteiger partial charge in [-0.25, -0.2) is 0 Å². The van der Waals surface area contributed by atoms with Crippen molar-refractivity contribution in [1.82, 2.24) is 15.1 Å². The van der Waals surface area contributed by atoms with Crippen LogP contribution >= 0.6 is 0 Å². The Labute approximate surface area is 138 Å². The predicted molar refractivity (Wildman–Crippen MR) is 87.8 cm³/mol. The third-order valence-corrected chi connectivity index (χ3v) is 6.35. The number of fused-ring (bicyclic) bond motifs is 2. The second-order valence-corrected chi connectivity index (χ2v) is 8.11. The molecule has 4 aliphatic rings. The van der Waals surface area contributed by atoms with Crippen molar-refractivity contribution >= 4 is 11.8 Å². The summed E-state index contributed by atoms with van der Waals surface area (Å²) < 4.78 is 0. The summed E-state index contributed by atoms with van der Waals surface area (Å²) >= 11 is 0. The topological polar surface area (TPSA) is 52.7 Å². The van der Waals surface area contributed by atoms with Gasteiger partial charge in [0, 0.05) is 44.2 Å². The summed E-state index contributed by atoms with van der Waals surface area (Å²) in [6, 6.07) is 1.59. The van der Waals surface area contributed by atoms with E-state index in [9.17, 15) is 9.59 Å². The van der Waals surface area contributed by atoms with Crippen LogP contribution in [0.3, 0.4) is 0 Å². The van der Waals surface area contributed by atoms with Crippen LogP contribution in [0.4, 0.5) is 0 Å². The van der Waals surface area contributed by atoms with Gasteiger partial charge < -0.3 is 15.1 Å². The van der Waals surface area contributed by atoms with E-state index in [1.165, 1.54) is 12.8 Å². The van der Waals surface area contributed by atoms with E-state index >= 15 is 0 Å². The molecule has 3 saturated heterocycles. The molecule has 5 heteroatoms. The second-order valence-electron chi connectivity index (χ2n) is 8.11. The molecule has 3 heterocycles. The first kappa shape index (κ1) is 15.4. The van der Waals surface area contributed by atoms with Crippen molar-refractivity contribution in [2.45, 2.75) is 69.5 Å². The summed E-state index contributed by atoms with van der Waals surface area (Å²) in [4.78, 5) is 29.2. The molecule has 3 atom stereocenters. The van der Waals surface area contributed by atoms with Gasteiger partial charge in [0.15, 0.2) is 0 Å². The average Bonchev–Trinajstić information content (AvgIpc) is 3.38. The number of carbonyl (C=O) groups is 2. The molecule has 4 rings (SSSR count). The van der Waals surface area contributed by atoms with Gasteiger partial charge >= 0.3 is 0 Å². The minimum atomic E-state index is 0.0176. The van der Waals surface area contributed by atoms with E-state index < -0.39 is 0 Å². The standard InChI is InChI=1S/C18H29N3O2/c1-20(16-9-14-6-7-15(10-16)19-14)17(22)13-3-2-8-21(11-13)18(23)12-4-5-12/h12-16,19H,2-11H2,1H3. The summed E-state index contributed by atoms with van der Waals surface area (Å²) in [5.74, 6) is 0.847. The smallest absolute Gasteiger partial charge is 0.227 e. The van der Waals surface area contributed by atoms with Gasteiger partial charge in [-0.2, -0.15) is 0 Å². The Hall–Kier alpha value is -1.10. The lowest BCUT2D eigenvalue weighted by Crippen LogP contribution is -2.52. The molecule has 0 aromatic heterocycles. The zero-order valence-corrected chi connectivity index (χ0v) is 14.2. The van der Waals surface area contributed by atoms with Gasteiger partial charge in [-0.3, -0.25) is 9.59 Å². The van der Waals surface area contributed by atoms with Crippen LogP contribution in [0.15, 0.2) is 0 Å². The Morgan fingerprint density at radius 1 is 1.00 bits per heavy atom. The highest BCUT2D eigenvalue weighted by atomic mass is 16.2. The van der Waals surface area contributed by atoms with E-state index in [1.54, 1.807) is 0 Å². The maximum Gasteiger partial charge on any atom is 0.227 e. The summed E-state index contributed by atoms with van der Waals surface area (Å²) in [5.41, 5.74) is 0. The number of rotatable bonds is 3. The molecule has 2 amide bonds. The van der Waals surface area contributed by atoms with E-state index in [0.29, 0.717) is 30.6 Å². The van der Waals surface area contributed by atoms with Crippen LogP contribution < -0.4 is 5.32 Å². The molecule has 0 aromatic carbocycles. The molecule has 0 radical (unpaired) electrons. The molecule has 0 aromatic rings. The van der Waals surface area contributed by atoms with Gasteiger partial charge in [0.2, 0.25) is 11.8 Å². The third kappa shape index (κ3) is 3.12. The molecule has 23 heavy (non-hydrogen) atoms. The van der Waals surface area contributed by atoms with Gasteiger partial charge in [-0.15, -0.1) is 0 Å². The first-order valence-corrected chi connectivity index (χ1v) is 9.43. The van der Waals surface area contributed by atoms with Crippen LogP contribution in [-0.4, -0.2) is 59.9 Å². The summed E-state index contributed by atoms with van der Waals surface area (Å²) in [6.07, 6.45) is 8.71. The van der Waals surface area contributed by atoms with Gasteiger partial charge in [-0.05, 0) is 51.4 Å². The van der Waals surface area contributed by atoms with Crippen molar-refractivity contribution < 1.29 is 9.59 Å². The Morgan fingerprint density at radius 3 is 2.35 bits per heavy atom. The molecule has 4 fully saturated rings. The average molecular weight is 319 g/mol. The Balaban J connectivity index is 1.36. The van der Waals surface area contributed by atoms with Crippen LogP contribution in [0.1, 0.15) is 51.4 Å². The molecule has 0 spiro atoms. The number of hydrogen-bond donors (Lipinski definition) is 1. The van der Waals surface area contributed by atoms with Crippen LogP contribution in [0, 0.1) is 11.8 Å². The molecule has 3 unspecified atom stereocenters. The van der Waals surface area contributed by atoms with Crippen LogP contribution in [-0.2, 0) is 9.59 Å². The maximum absolute atomic E-state index is 13.0. The van der Waals surface area contributed by atoms with Crippen molar-refractivity contribution in [1.29, 1.82) is 0 Å². The number of hydrogen-bond acceptors (Lipinski definition) is 3. The minimum Gasteiger partial charge on any atom is -0.342 e. The fourth-order valence-electron chi connectivity index (χ4n) is 4.78. The van der Waals surface area contributed by atoms with Crippen molar-refractivity contribution in [3.8, 4) is 0 Å². The molecule has 2 bridgehead atoms. The van der Waals surface area contributed by atoms with Crippen molar-refractivity contribution in [3.63, 3.8) is 0 Å². The lowest BCUT2D eigenvalue weighted by atomic mass is 9.93. The molecule has 5 nitrogen and oxygen atoms in total. The fourth-order valence-corrected chi connectivity index (χ4v) is 4.78. The quantitative estimate of drug-likeness (QED) is 0.855. The van der Waals surface area contributed by atoms with E-state index in [1.807, 2.05) is 16.8 Å². The monoisotopic (exact) mass is 319 g/mol. The second kappa shape index (κ2) is 6.08. The number of nitrogens with zero attached hydrogens (tertiary/aromatic N) is 2. The van der Waals surface area contributed by atoms with Crippen LogP contribution in [0.2, 0.25) is 0 Å². The van der Waals surface area contributed by atoms with Gasteiger partial charge in [0.05, 0.1) is 5.92 Å². The van der Waals surface area contributed by atoms with E-state index in [2.05, 4.69) is 5.32 Å². The number of likely N-dealkylation sites (tertiary alicyclic amines) is 1. The van der Waals surface area contributed by atoms with Crippen molar-refractivity contribution in [2.75, 3.05) is 20.1 Å². The molecule has 128 valence electrons. The number of amides is 2. The first-order chi connectivity index (χ1) is 11.1. The summed E-state index contributed by atoms with van der Waals surface area (Å²) in [6.45, 7) is 1.50. The molecule has 1 N–H and O–H groups in total. The van der Waals surface area contributed by atoms with Crippen molar-refractivity contribution in [2.24, 2.45) is 11.8 Å². The molecular weight excluding hydrogens is 290 g/mol. The zero-order chi connectivity index (χ0) is 16.0. The Kier molecular flexibility index (Phi) is 4.08. The van der Waals surface area contributed by atoms with Gasteiger partial charge in [0.1, 0.15) is 0 Å². The van der Waals surface area contributed by atoms with Crippen molar-refractivity contribution in [3.05, 3.63) is 0 Å². The summed E-state index contributed by atoms with van der Waals surface area (Å²) in [7, 11) is 1.99. The van der Waals surface area contributed by atoms with E-state index in [-0.39, 0.29) is 17.7 Å².